The van der Waals surface area contributed by atoms with Crippen LogP contribution in [0.15, 0.2) is 29.1 Å². The summed E-state index contributed by atoms with van der Waals surface area (Å²) in [6.45, 7) is 0. The molecular weight excluding hydrogens is 250 g/mol. The molecule has 0 aliphatic heterocycles. The molecule has 9 heteroatoms. The molecule has 0 aliphatic rings. The summed E-state index contributed by atoms with van der Waals surface area (Å²) in [5, 5.41) is 13.9. The molecule has 1 heterocycles. The lowest BCUT2D eigenvalue weighted by molar-refractivity contribution is -0.384. The average molecular weight is 256 g/mol. The van der Waals surface area contributed by atoms with Crippen LogP contribution in [0.3, 0.4) is 0 Å². The summed E-state index contributed by atoms with van der Waals surface area (Å²) in [6.07, 6.45) is -2.92. The Balaban J connectivity index is 2.52. The largest absolute Gasteiger partial charge is 0.348 e. The SMILES string of the molecule is O=c1[nH]c(C(F)F)nn1-c1cccc([N+](=O)[O-])c1. The molecule has 2 aromatic rings. The Labute approximate surface area is 97.8 Å². The van der Waals surface area contributed by atoms with Crippen LogP contribution in [-0.4, -0.2) is 19.7 Å². The number of aromatic nitrogens is 3. The van der Waals surface area contributed by atoms with Crippen molar-refractivity contribution < 1.29 is 13.7 Å². The Morgan fingerprint density at radius 1 is 1.44 bits per heavy atom. The van der Waals surface area contributed by atoms with Crippen molar-refractivity contribution in [2.24, 2.45) is 0 Å². The first-order valence-corrected chi connectivity index (χ1v) is 4.71. The Morgan fingerprint density at radius 2 is 2.17 bits per heavy atom. The van der Waals surface area contributed by atoms with E-state index in [0.29, 0.717) is 4.68 Å². The summed E-state index contributed by atoms with van der Waals surface area (Å²) in [4.78, 5) is 23.1. The van der Waals surface area contributed by atoms with Crippen LogP contribution in [0.1, 0.15) is 12.2 Å². The smallest absolute Gasteiger partial charge is 0.288 e. The lowest BCUT2D eigenvalue weighted by Gasteiger charge is -1.98. The van der Waals surface area contributed by atoms with Gasteiger partial charge in [-0.3, -0.25) is 15.1 Å². The van der Waals surface area contributed by atoms with Gasteiger partial charge in [0.15, 0.2) is 5.82 Å². The molecule has 0 radical (unpaired) electrons. The number of nitro benzene ring substituents is 1. The number of hydrogen-bond donors (Lipinski definition) is 1. The maximum Gasteiger partial charge on any atom is 0.348 e. The van der Waals surface area contributed by atoms with E-state index in [4.69, 9.17) is 0 Å². The summed E-state index contributed by atoms with van der Waals surface area (Å²) in [5.41, 5.74) is -1.11. The second-order valence-corrected chi connectivity index (χ2v) is 3.30. The van der Waals surface area contributed by atoms with E-state index in [1.807, 2.05) is 4.98 Å². The summed E-state index contributed by atoms with van der Waals surface area (Å²) < 4.78 is 25.3. The van der Waals surface area contributed by atoms with Crippen LogP contribution in [-0.2, 0) is 0 Å². The van der Waals surface area contributed by atoms with Crippen molar-refractivity contribution >= 4 is 5.69 Å². The molecule has 18 heavy (non-hydrogen) atoms. The third-order valence-electron chi connectivity index (χ3n) is 2.13. The van der Waals surface area contributed by atoms with Gasteiger partial charge in [-0.15, -0.1) is 5.10 Å². The van der Waals surface area contributed by atoms with Gasteiger partial charge >= 0.3 is 5.69 Å². The number of nitrogens with one attached hydrogen (secondary N) is 1. The van der Waals surface area contributed by atoms with Crippen molar-refractivity contribution in [3.63, 3.8) is 0 Å². The van der Waals surface area contributed by atoms with E-state index in [0.717, 1.165) is 6.07 Å². The molecule has 2 rings (SSSR count). The third kappa shape index (κ3) is 2.10. The maximum atomic E-state index is 12.3. The second-order valence-electron chi connectivity index (χ2n) is 3.30. The molecule has 1 aromatic heterocycles. The zero-order valence-corrected chi connectivity index (χ0v) is 8.71. The van der Waals surface area contributed by atoms with Crippen LogP contribution in [0.4, 0.5) is 14.5 Å². The number of nitrogens with zero attached hydrogens (tertiary/aromatic N) is 3. The highest BCUT2D eigenvalue weighted by Gasteiger charge is 2.16. The van der Waals surface area contributed by atoms with Crippen LogP contribution in [0, 0.1) is 10.1 Å². The fourth-order valence-corrected chi connectivity index (χ4v) is 1.35. The fraction of sp³-hybridized carbons (Fsp3) is 0.111. The Morgan fingerprint density at radius 3 is 2.72 bits per heavy atom. The lowest BCUT2D eigenvalue weighted by Crippen LogP contribution is -2.15. The number of alkyl halides is 2. The zero-order chi connectivity index (χ0) is 13.3. The molecule has 0 aliphatic carbocycles. The van der Waals surface area contributed by atoms with Crippen molar-refractivity contribution in [2.45, 2.75) is 6.43 Å². The maximum absolute atomic E-state index is 12.3. The van der Waals surface area contributed by atoms with E-state index in [1.54, 1.807) is 0 Å². The first-order valence-electron chi connectivity index (χ1n) is 4.71. The third-order valence-corrected chi connectivity index (χ3v) is 2.13. The minimum Gasteiger partial charge on any atom is -0.288 e. The first kappa shape index (κ1) is 11.9. The predicted molar refractivity (Wildman–Crippen MR) is 55.8 cm³/mol. The summed E-state index contributed by atoms with van der Waals surface area (Å²) >= 11 is 0. The summed E-state index contributed by atoms with van der Waals surface area (Å²) in [6, 6.07) is 4.97. The topological polar surface area (TPSA) is 93.8 Å². The van der Waals surface area contributed by atoms with Gasteiger partial charge in [0.2, 0.25) is 0 Å². The molecular formula is C9H6F2N4O3. The summed E-state index contributed by atoms with van der Waals surface area (Å²) in [7, 11) is 0. The Kier molecular flexibility index (Phi) is 2.88. The number of H-pyrrole nitrogens is 1. The Hall–Kier alpha value is -2.58. The molecule has 7 nitrogen and oxygen atoms in total. The van der Waals surface area contributed by atoms with Crippen LogP contribution in [0.25, 0.3) is 5.69 Å². The van der Waals surface area contributed by atoms with Gasteiger partial charge in [-0.1, -0.05) is 6.07 Å². The molecule has 0 amide bonds. The molecule has 1 aromatic carbocycles. The predicted octanol–water partition coefficient (Wildman–Crippen LogP) is 1.41. The van der Waals surface area contributed by atoms with Crippen LogP contribution in [0.2, 0.25) is 0 Å². The van der Waals surface area contributed by atoms with E-state index in [9.17, 15) is 23.7 Å². The van der Waals surface area contributed by atoms with Crippen molar-refractivity contribution in [1.29, 1.82) is 0 Å². The number of nitro groups is 1. The van der Waals surface area contributed by atoms with Gasteiger partial charge in [0.25, 0.3) is 12.1 Å². The zero-order valence-electron chi connectivity index (χ0n) is 8.71. The molecule has 0 saturated heterocycles. The highest BCUT2D eigenvalue weighted by molar-refractivity contribution is 5.42. The van der Waals surface area contributed by atoms with E-state index < -0.39 is 22.9 Å². The first-order chi connectivity index (χ1) is 8.49. The molecule has 0 unspecified atom stereocenters. The molecule has 94 valence electrons. The van der Waals surface area contributed by atoms with Gasteiger partial charge in [0.05, 0.1) is 10.6 Å². The number of rotatable bonds is 3. The van der Waals surface area contributed by atoms with E-state index >= 15 is 0 Å². The molecule has 0 atom stereocenters. The van der Waals surface area contributed by atoms with Crippen LogP contribution in [0.5, 0.6) is 0 Å². The number of halogens is 2. The van der Waals surface area contributed by atoms with E-state index in [2.05, 4.69) is 5.10 Å². The minimum absolute atomic E-state index is 0.0392. The number of benzene rings is 1. The van der Waals surface area contributed by atoms with Crippen molar-refractivity contribution in [2.75, 3.05) is 0 Å². The van der Waals surface area contributed by atoms with Crippen LogP contribution >= 0.6 is 0 Å². The number of aromatic amines is 1. The average Bonchev–Trinajstić information content (AvgIpc) is 2.72. The van der Waals surface area contributed by atoms with Crippen molar-refractivity contribution in [3.05, 3.63) is 50.7 Å². The van der Waals surface area contributed by atoms with Crippen molar-refractivity contribution in [3.8, 4) is 5.69 Å². The molecule has 0 spiro atoms. The molecule has 0 bridgehead atoms. The number of non-ortho nitro benzene ring substituents is 1. The normalized spacial score (nSPS) is 10.8. The minimum atomic E-state index is -2.92. The van der Waals surface area contributed by atoms with Crippen molar-refractivity contribution in [1.82, 2.24) is 14.8 Å². The lowest BCUT2D eigenvalue weighted by atomic mass is 10.3. The van der Waals surface area contributed by atoms with E-state index in [-0.39, 0.29) is 11.4 Å². The highest BCUT2D eigenvalue weighted by Crippen LogP contribution is 2.16. The molecule has 0 saturated carbocycles. The number of hydrogen-bond acceptors (Lipinski definition) is 4. The van der Waals surface area contributed by atoms with Gasteiger partial charge in [-0.05, 0) is 6.07 Å². The fourth-order valence-electron chi connectivity index (χ4n) is 1.35. The van der Waals surface area contributed by atoms with E-state index in [1.165, 1.54) is 18.2 Å². The molecule has 1 N–H and O–H groups in total. The quantitative estimate of drug-likeness (QED) is 0.663. The van der Waals surface area contributed by atoms with Gasteiger partial charge in [0, 0.05) is 12.1 Å². The molecule has 0 fully saturated rings. The van der Waals surface area contributed by atoms with Gasteiger partial charge < -0.3 is 0 Å². The Bertz CT molecular complexity index is 649. The van der Waals surface area contributed by atoms with Gasteiger partial charge in [0.1, 0.15) is 0 Å². The highest BCUT2D eigenvalue weighted by atomic mass is 19.3. The standard InChI is InChI=1S/C9H6F2N4O3/c10-7(11)8-12-9(16)14(13-8)5-2-1-3-6(4-5)15(17)18/h1-4,7H,(H,12,13,16). The summed E-state index contributed by atoms with van der Waals surface area (Å²) in [5.74, 6) is -0.786. The second kappa shape index (κ2) is 4.35. The van der Waals surface area contributed by atoms with Gasteiger partial charge in [-0.2, -0.15) is 4.68 Å². The van der Waals surface area contributed by atoms with Gasteiger partial charge in [-0.25, -0.2) is 13.6 Å². The van der Waals surface area contributed by atoms with Crippen LogP contribution < -0.4 is 5.69 Å². The monoisotopic (exact) mass is 256 g/mol.